The van der Waals surface area contributed by atoms with E-state index in [-0.39, 0.29) is 5.91 Å². The quantitative estimate of drug-likeness (QED) is 0.651. The first-order chi connectivity index (χ1) is 9.13. The van der Waals surface area contributed by atoms with Gasteiger partial charge in [0.1, 0.15) is 4.34 Å². The van der Waals surface area contributed by atoms with E-state index in [2.05, 4.69) is 15.9 Å². The van der Waals surface area contributed by atoms with Crippen LogP contribution in [0.1, 0.15) is 42.5 Å². The van der Waals surface area contributed by atoms with Gasteiger partial charge in [0.25, 0.3) is 5.91 Å². The fourth-order valence-electron chi connectivity index (χ4n) is 2.57. The van der Waals surface area contributed by atoms with E-state index >= 15 is 0 Å². The molecule has 0 radical (unpaired) electrons. The molecule has 1 fully saturated rings. The largest absolute Gasteiger partial charge is 0.335 e. The van der Waals surface area contributed by atoms with Gasteiger partial charge in [0.15, 0.2) is 0 Å². The second kappa shape index (κ2) is 7.30. The summed E-state index contributed by atoms with van der Waals surface area (Å²) < 4.78 is 1.06. The predicted octanol–water partition coefficient (Wildman–Crippen LogP) is 5.22. The monoisotopic (exact) mass is 383 g/mol. The highest BCUT2D eigenvalue weighted by Gasteiger charge is 2.27. The van der Waals surface area contributed by atoms with Gasteiger partial charge in [-0.05, 0) is 18.9 Å². The molecule has 1 aliphatic carbocycles. The fraction of sp³-hybridized carbons (Fsp3) is 0.615. The zero-order valence-electron chi connectivity index (χ0n) is 10.5. The molecule has 19 heavy (non-hydrogen) atoms. The van der Waals surface area contributed by atoms with E-state index in [9.17, 15) is 4.79 Å². The van der Waals surface area contributed by atoms with Crippen LogP contribution >= 0.6 is 50.5 Å². The number of thiophene rings is 1. The minimum Gasteiger partial charge on any atom is -0.335 e. The van der Waals surface area contributed by atoms with Gasteiger partial charge in [-0.2, -0.15) is 0 Å². The number of alkyl halides is 1. The zero-order valence-corrected chi connectivity index (χ0v) is 14.4. The lowest BCUT2D eigenvalue weighted by Crippen LogP contribution is -2.42. The van der Waals surface area contributed by atoms with Gasteiger partial charge in [-0.15, -0.1) is 11.3 Å². The molecule has 0 unspecified atom stereocenters. The predicted molar refractivity (Wildman–Crippen MR) is 86.0 cm³/mol. The molecule has 0 spiro atoms. The SMILES string of the molecule is O=C(c1cc(Cl)sc1Cl)N(CCBr)C1CCCCC1. The molecular weight excluding hydrogens is 369 g/mol. The van der Waals surface area contributed by atoms with Gasteiger partial charge in [0.2, 0.25) is 0 Å². The van der Waals surface area contributed by atoms with Gasteiger partial charge < -0.3 is 4.90 Å². The molecule has 0 N–H and O–H groups in total. The van der Waals surface area contributed by atoms with Crippen molar-refractivity contribution in [3.63, 3.8) is 0 Å². The van der Waals surface area contributed by atoms with Crippen molar-refractivity contribution >= 4 is 56.4 Å². The Kier molecular flexibility index (Phi) is 6.00. The van der Waals surface area contributed by atoms with Gasteiger partial charge in [-0.1, -0.05) is 58.4 Å². The third kappa shape index (κ3) is 3.87. The zero-order chi connectivity index (χ0) is 13.8. The van der Waals surface area contributed by atoms with E-state index in [0.29, 0.717) is 26.8 Å². The number of amides is 1. The van der Waals surface area contributed by atoms with Crippen molar-refractivity contribution < 1.29 is 4.79 Å². The molecule has 1 aromatic heterocycles. The Labute approximate surface area is 136 Å². The summed E-state index contributed by atoms with van der Waals surface area (Å²) >= 11 is 16.7. The molecule has 0 saturated heterocycles. The van der Waals surface area contributed by atoms with Gasteiger partial charge in [-0.3, -0.25) is 4.79 Å². The van der Waals surface area contributed by atoms with Gasteiger partial charge in [0.05, 0.1) is 9.90 Å². The first-order valence-corrected chi connectivity index (χ1v) is 9.14. The van der Waals surface area contributed by atoms with Crippen LogP contribution in [-0.4, -0.2) is 28.7 Å². The van der Waals surface area contributed by atoms with Gasteiger partial charge >= 0.3 is 0 Å². The van der Waals surface area contributed by atoms with Crippen LogP contribution in [0.4, 0.5) is 0 Å². The van der Waals surface area contributed by atoms with Crippen molar-refractivity contribution in [1.29, 1.82) is 0 Å². The first kappa shape index (κ1) is 15.6. The lowest BCUT2D eigenvalue weighted by molar-refractivity contribution is 0.0652. The third-order valence-electron chi connectivity index (χ3n) is 3.49. The van der Waals surface area contributed by atoms with Crippen LogP contribution in [0.2, 0.25) is 8.67 Å². The molecule has 0 atom stereocenters. The Bertz CT molecular complexity index is 446. The molecule has 2 rings (SSSR count). The summed E-state index contributed by atoms with van der Waals surface area (Å²) in [4.78, 5) is 14.6. The normalized spacial score (nSPS) is 16.6. The number of carbonyl (C=O) groups is 1. The van der Waals surface area contributed by atoms with Crippen molar-refractivity contribution in [1.82, 2.24) is 4.90 Å². The minimum atomic E-state index is 0.0134. The fourth-order valence-corrected chi connectivity index (χ4v) is 4.40. The average Bonchev–Trinajstić information content (AvgIpc) is 2.75. The third-order valence-corrected chi connectivity index (χ3v) is 5.33. The van der Waals surface area contributed by atoms with Crippen molar-refractivity contribution in [2.24, 2.45) is 0 Å². The molecule has 6 heteroatoms. The van der Waals surface area contributed by atoms with Crippen LogP contribution in [0.3, 0.4) is 0 Å². The van der Waals surface area contributed by atoms with Crippen LogP contribution in [0.25, 0.3) is 0 Å². The molecule has 1 saturated carbocycles. The standard InChI is InChI=1S/C13H16BrCl2NOS/c14-6-7-17(9-4-2-1-3-5-9)13(18)10-8-11(15)19-12(10)16/h8-9H,1-7H2. The van der Waals surface area contributed by atoms with E-state index in [0.717, 1.165) is 18.2 Å². The van der Waals surface area contributed by atoms with Crippen molar-refractivity contribution in [2.75, 3.05) is 11.9 Å². The Morgan fingerprint density at radius 1 is 1.37 bits per heavy atom. The minimum absolute atomic E-state index is 0.0134. The van der Waals surface area contributed by atoms with E-state index in [1.165, 1.54) is 30.6 Å². The van der Waals surface area contributed by atoms with Gasteiger partial charge in [0, 0.05) is 17.9 Å². The van der Waals surface area contributed by atoms with Crippen LogP contribution in [0.5, 0.6) is 0 Å². The van der Waals surface area contributed by atoms with Gasteiger partial charge in [-0.25, -0.2) is 0 Å². The Balaban J connectivity index is 2.17. The highest BCUT2D eigenvalue weighted by atomic mass is 79.9. The Hall–Kier alpha value is 0.230. The van der Waals surface area contributed by atoms with Crippen molar-refractivity contribution in [3.8, 4) is 0 Å². The van der Waals surface area contributed by atoms with Crippen LogP contribution in [-0.2, 0) is 0 Å². The Morgan fingerprint density at radius 3 is 2.58 bits per heavy atom. The number of rotatable bonds is 4. The summed E-state index contributed by atoms with van der Waals surface area (Å²) in [6.07, 6.45) is 5.87. The van der Waals surface area contributed by atoms with Crippen LogP contribution < -0.4 is 0 Å². The number of hydrogen-bond acceptors (Lipinski definition) is 2. The molecule has 1 amide bonds. The highest BCUT2D eigenvalue weighted by Crippen LogP contribution is 2.33. The Morgan fingerprint density at radius 2 is 2.05 bits per heavy atom. The molecule has 106 valence electrons. The summed E-state index contributed by atoms with van der Waals surface area (Å²) in [6.45, 7) is 0.716. The van der Waals surface area contributed by atoms with Crippen LogP contribution in [0, 0.1) is 0 Å². The van der Waals surface area contributed by atoms with E-state index in [1.807, 2.05) is 4.90 Å². The maximum absolute atomic E-state index is 12.6. The summed E-state index contributed by atoms with van der Waals surface area (Å²) in [5, 5.41) is 0.782. The molecular formula is C13H16BrCl2NOS. The lowest BCUT2D eigenvalue weighted by Gasteiger charge is -2.34. The number of carbonyl (C=O) groups excluding carboxylic acids is 1. The number of halogens is 3. The maximum Gasteiger partial charge on any atom is 0.256 e. The van der Waals surface area contributed by atoms with Crippen molar-refractivity contribution in [2.45, 2.75) is 38.1 Å². The van der Waals surface area contributed by atoms with E-state index < -0.39 is 0 Å². The second-order valence-corrected chi connectivity index (χ2v) is 7.80. The van der Waals surface area contributed by atoms with Crippen molar-refractivity contribution in [3.05, 3.63) is 20.3 Å². The second-order valence-electron chi connectivity index (χ2n) is 4.72. The van der Waals surface area contributed by atoms with E-state index in [1.54, 1.807) is 6.07 Å². The number of hydrogen-bond donors (Lipinski definition) is 0. The summed E-state index contributed by atoms with van der Waals surface area (Å²) in [7, 11) is 0. The van der Waals surface area contributed by atoms with Crippen LogP contribution in [0.15, 0.2) is 6.07 Å². The number of nitrogens with zero attached hydrogens (tertiary/aromatic N) is 1. The summed E-state index contributed by atoms with van der Waals surface area (Å²) in [6, 6.07) is 2.02. The molecule has 1 heterocycles. The maximum atomic E-state index is 12.6. The molecule has 0 aliphatic heterocycles. The smallest absolute Gasteiger partial charge is 0.256 e. The summed E-state index contributed by atoms with van der Waals surface area (Å²) in [5.74, 6) is 0.0134. The molecule has 0 bridgehead atoms. The summed E-state index contributed by atoms with van der Waals surface area (Å²) in [5.41, 5.74) is 0.545. The first-order valence-electron chi connectivity index (χ1n) is 6.45. The molecule has 1 aliphatic rings. The lowest BCUT2D eigenvalue weighted by atomic mass is 9.94. The molecule has 2 nitrogen and oxygen atoms in total. The molecule has 0 aromatic carbocycles. The van der Waals surface area contributed by atoms with E-state index in [4.69, 9.17) is 23.2 Å². The average molecular weight is 385 g/mol. The highest BCUT2D eigenvalue weighted by molar-refractivity contribution is 9.09. The topological polar surface area (TPSA) is 20.3 Å². The molecule has 1 aromatic rings.